The lowest BCUT2D eigenvalue weighted by atomic mass is 10.1. The molecule has 0 radical (unpaired) electrons. The highest BCUT2D eigenvalue weighted by atomic mass is 32.2. The van der Waals surface area contributed by atoms with Gasteiger partial charge in [0.2, 0.25) is 0 Å². The zero-order valence-corrected chi connectivity index (χ0v) is 16.6. The van der Waals surface area contributed by atoms with Gasteiger partial charge in [-0.05, 0) is 35.9 Å². The largest absolute Gasteiger partial charge is 0.485 e. The van der Waals surface area contributed by atoms with Crippen molar-refractivity contribution in [2.75, 3.05) is 6.61 Å². The fourth-order valence-electron chi connectivity index (χ4n) is 3.38. The van der Waals surface area contributed by atoms with Crippen LogP contribution in [0.2, 0.25) is 0 Å². The average Bonchev–Trinajstić information content (AvgIpc) is 3.32. The van der Waals surface area contributed by atoms with Gasteiger partial charge in [0.15, 0.2) is 28.6 Å². The highest BCUT2D eigenvalue weighted by Crippen LogP contribution is 2.43. The number of hydrogen-bond donors (Lipinski definition) is 1. The Labute approximate surface area is 175 Å². The summed E-state index contributed by atoms with van der Waals surface area (Å²) in [6, 6.07) is 22.4. The number of rotatable bonds is 5. The van der Waals surface area contributed by atoms with Crippen molar-refractivity contribution in [1.29, 1.82) is 0 Å². The molecule has 0 spiro atoms. The van der Waals surface area contributed by atoms with Crippen LogP contribution in [0.15, 0.2) is 78.9 Å². The lowest BCUT2D eigenvalue weighted by Gasteiger charge is -2.13. The summed E-state index contributed by atoms with van der Waals surface area (Å²) in [5, 5.41) is 0. The van der Waals surface area contributed by atoms with Crippen molar-refractivity contribution in [3.8, 4) is 23.0 Å². The zero-order chi connectivity index (χ0) is 20.5. The first-order valence-electron chi connectivity index (χ1n) is 9.37. The van der Waals surface area contributed by atoms with Gasteiger partial charge in [0, 0.05) is 11.6 Å². The number of fused-ring (bicyclic) bond motifs is 1. The smallest absolute Gasteiger partial charge is 0.257 e. The van der Waals surface area contributed by atoms with E-state index in [1.54, 1.807) is 24.3 Å². The van der Waals surface area contributed by atoms with Crippen molar-refractivity contribution in [3.63, 3.8) is 0 Å². The van der Waals surface area contributed by atoms with E-state index >= 15 is 0 Å². The summed E-state index contributed by atoms with van der Waals surface area (Å²) in [7, 11) is -1.51. The first kappa shape index (κ1) is 18.4. The monoisotopic (exact) mass is 419 g/mol. The van der Waals surface area contributed by atoms with Crippen LogP contribution >= 0.6 is 0 Å². The van der Waals surface area contributed by atoms with Crippen molar-refractivity contribution in [1.82, 2.24) is 4.72 Å². The van der Waals surface area contributed by atoms with Gasteiger partial charge in [0.05, 0.1) is 4.91 Å². The van der Waals surface area contributed by atoms with Crippen LogP contribution < -0.4 is 18.9 Å². The van der Waals surface area contributed by atoms with E-state index in [2.05, 4.69) is 4.72 Å². The molecule has 7 heteroatoms. The molecule has 2 heterocycles. The molecule has 5 rings (SSSR count). The Hall–Kier alpha value is -3.58. The maximum absolute atomic E-state index is 11.9. The van der Waals surface area contributed by atoms with Crippen LogP contribution in [0.5, 0.6) is 23.0 Å². The van der Waals surface area contributed by atoms with Crippen LogP contribution in [0.1, 0.15) is 17.2 Å². The molecule has 3 aromatic carbocycles. The van der Waals surface area contributed by atoms with Crippen LogP contribution in [-0.4, -0.2) is 16.7 Å². The normalized spacial score (nSPS) is 19.5. The molecule has 2 aliphatic heterocycles. The molecule has 0 saturated heterocycles. The SMILES string of the molecule is O=C1C=C(c2ccc(OC3COc4c(Oc5ccccc5)cccc43)cc2)S(=O)N1. The third-order valence-electron chi connectivity index (χ3n) is 4.78. The molecule has 1 N–H and O–H groups in total. The first-order chi connectivity index (χ1) is 14.7. The van der Waals surface area contributed by atoms with E-state index in [0.717, 1.165) is 11.3 Å². The van der Waals surface area contributed by atoms with Crippen LogP contribution in [0.3, 0.4) is 0 Å². The van der Waals surface area contributed by atoms with Gasteiger partial charge in [0.25, 0.3) is 5.91 Å². The molecule has 2 atom stereocenters. The summed E-state index contributed by atoms with van der Waals surface area (Å²) in [5.74, 6) is 2.36. The third kappa shape index (κ3) is 3.55. The molecular weight excluding hydrogens is 402 g/mol. The van der Waals surface area contributed by atoms with E-state index in [4.69, 9.17) is 14.2 Å². The Bertz CT molecular complexity index is 1160. The molecule has 3 aromatic rings. The Morgan fingerprint density at radius 1 is 0.933 bits per heavy atom. The van der Waals surface area contributed by atoms with Crippen molar-refractivity contribution >= 4 is 21.8 Å². The van der Waals surface area contributed by atoms with Gasteiger partial charge in [0.1, 0.15) is 18.1 Å². The zero-order valence-electron chi connectivity index (χ0n) is 15.7. The van der Waals surface area contributed by atoms with Crippen molar-refractivity contribution in [3.05, 3.63) is 90.0 Å². The second-order valence-corrected chi connectivity index (χ2v) is 7.96. The minimum atomic E-state index is -1.51. The fourth-order valence-corrected chi connectivity index (χ4v) is 4.30. The fraction of sp³-hybridized carbons (Fsp3) is 0.0870. The number of benzene rings is 3. The molecule has 150 valence electrons. The van der Waals surface area contributed by atoms with Gasteiger partial charge in [-0.2, -0.15) is 0 Å². The van der Waals surface area contributed by atoms with Crippen LogP contribution in [0.4, 0.5) is 0 Å². The number of amides is 1. The Balaban J connectivity index is 1.33. The first-order valence-corrected chi connectivity index (χ1v) is 10.5. The Kier molecular flexibility index (Phi) is 4.72. The number of ether oxygens (including phenoxy) is 3. The molecular formula is C23H17NO5S. The summed E-state index contributed by atoms with van der Waals surface area (Å²) < 4.78 is 32.2. The van der Waals surface area contributed by atoms with Crippen molar-refractivity contribution in [2.45, 2.75) is 6.10 Å². The minimum Gasteiger partial charge on any atom is -0.485 e. The Morgan fingerprint density at radius 2 is 1.73 bits per heavy atom. The van der Waals surface area contributed by atoms with Gasteiger partial charge in [-0.1, -0.05) is 42.5 Å². The van der Waals surface area contributed by atoms with Gasteiger partial charge >= 0.3 is 0 Å². The lowest BCUT2D eigenvalue weighted by molar-refractivity contribution is -0.114. The highest BCUT2D eigenvalue weighted by molar-refractivity contribution is 7.93. The molecule has 2 unspecified atom stereocenters. The quantitative estimate of drug-likeness (QED) is 0.673. The van der Waals surface area contributed by atoms with Gasteiger partial charge < -0.3 is 14.2 Å². The second kappa shape index (κ2) is 7.68. The molecule has 0 aromatic heterocycles. The molecule has 1 amide bonds. The molecule has 30 heavy (non-hydrogen) atoms. The maximum Gasteiger partial charge on any atom is 0.257 e. The standard InChI is InChI=1S/C23H17NO5S/c25-22-13-21(30(26)24-22)15-9-11-17(12-10-15)29-20-14-27-23-18(20)7-4-8-19(23)28-16-5-2-1-3-6-16/h1-13,20H,14H2,(H,24,25). The van der Waals surface area contributed by atoms with E-state index < -0.39 is 11.0 Å². The summed E-state index contributed by atoms with van der Waals surface area (Å²) in [6.45, 7) is 0.375. The topological polar surface area (TPSA) is 73.9 Å². The van der Waals surface area contributed by atoms with E-state index in [9.17, 15) is 9.00 Å². The molecule has 0 saturated carbocycles. The molecule has 0 aliphatic carbocycles. The summed E-state index contributed by atoms with van der Waals surface area (Å²) in [5.41, 5.74) is 1.63. The van der Waals surface area contributed by atoms with Gasteiger partial charge in [-0.3, -0.25) is 9.52 Å². The van der Waals surface area contributed by atoms with Crippen LogP contribution in [-0.2, 0) is 15.8 Å². The second-order valence-electron chi connectivity index (χ2n) is 6.78. The van der Waals surface area contributed by atoms with E-state index in [-0.39, 0.29) is 12.0 Å². The average molecular weight is 419 g/mol. The number of carbonyl (C=O) groups is 1. The van der Waals surface area contributed by atoms with Crippen molar-refractivity contribution < 1.29 is 23.2 Å². The molecule has 2 aliphatic rings. The van der Waals surface area contributed by atoms with E-state index in [1.165, 1.54) is 6.08 Å². The summed E-state index contributed by atoms with van der Waals surface area (Å²) in [4.78, 5) is 11.8. The van der Waals surface area contributed by atoms with Crippen LogP contribution in [0, 0.1) is 0 Å². The van der Waals surface area contributed by atoms with Crippen molar-refractivity contribution in [2.24, 2.45) is 0 Å². The number of carbonyl (C=O) groups excluding carboxylic acids is 1. The molecule has 6 nitrogen and oxygen atoms in total. The maximum atomic E-state index is 11.9. The summed E-state index contributed by atoms with van der Waals surface area (Å²) in [6.07, 6.45) is 1.08. The van der Waals surface area contributed by atoms with E-state index in [0.29, 0.717) is 34.3 Å². The Morgan fingerprint density at radius 3 is 2.47 bits per heavy atom. The highest BCUT2D eigenvalue weighted by Gasteiger charge is 2.29. The van der Waals surface area contributed by atoms with Gasteiger partial charge in [-0.25, -0.2) is 4.21 Å². The predicted octanol–water partition coefficient (Wildman–Crippen LogP) is 4.13. The minimum absolute atomic E-state index is 0.270. The number of nitrogens with one attached hydrogen (secondary N) is 1. The molecule has 0 bridgehead atoms. The lowest BCUT2D eigenvalue weighted by Crippen LogP contribution is -2.16. The molecule has 0 fully saturated rings. The van der Waals surface area contributed by atoms with Crippen LogP contribution in [0.25, 0.3) is 4.91 Å². The van der Waals surface area contributed by atoms with Gasteiger partial charge in [-0.15, -0.1) is 0 Å². The summed E-state index contributed by atoms with van der Waals surface area (Å²) >= 11 is 0. The predicted molar refractivity (Wildman–Crippen MR) is 113 cm³/mol. The van der Waals surface area contributed by atoms with E-state index in [1.807, 2.05) is 48.5 Å². The number of para-hydroxylation sites is 2. The number of hydrogen-bond acceptors (Lipinski definition) is 5. The third-order valence-corrected chi connectivity index (χ3v) is 5.92.